The molecule has 0 heterocycles. The zero-order valence-electron chi connectivity index (χ0n) is 39.6. The number of carbonyl (C=O) groups is 8. The average molecular weight is 1010 g/mol. The number of rotatable bonds is 51. The summed E-state index contributed by atoms with van der Waals surface area (Å²) in [4.78, 5) is 93.9. The first-order chi connectivity index (χ1) is 31.8. The van der Waals surface area contributed by atoms with Crippen molar-refractivity contribution in [2.75, 3.05) is 64.7 Å². The highest BCUT2D eigenvalue weighted by Crippen LogP contribution is 2.17. The number of nitrogens with one attached hydrogen (secondary N) is 2. The zero-order valence-corrected chi connectivity index (χ0v) is 41.2. The first kappa shape index (κ1) is 62.7. The van der Waals surface area contributed by atoms with E-state index in [0.29, 0.717) is 50.5 Å². The van der Waals surface area contributed by atoms with E-state index in [0.717, 1.165) is 44.9 Å². The number of hydrogen-bond donors (Lipinski definition) is 5. The van der Waals surface area contributed by atoms with Gasteiger partial charge in [0.25, 0.3) is 0 Å². The zero-order chi connectivity index (χ0) is 48.9. The summed E-state index contributed by atoms with van der Waals surface area (Å²) in [5, 5.41) is 33.2. The minimum atomic E-state index is -1.16. The Labute approximate surface area is 401 Å². The van der Waals surface area contributed by atoms with Crippen molar-refractivity contribution in [1.29, 1.82) is 0 Å². The molecule has 0 aromatic carbocycles. The highest BCUT2D eigenvalue weighted by molar-refractivity contribution is 9.09. The summed E-state index contributed by atoms with van der Waals surface area (Å²) in [6.07, 6.45) is 21.8. The molecule has 0 radical (unpaired) electrons. The Morgan fingerprint density at radius 1 is 0.424 bits per heavy atom. The number of amides is 2. The Morgan fingerprint density at radius 3 is 1.45 bits per heavy atom. The molecule has 5 N–H and O–H groups in total. The number of unbranched alkanes of at least 4 members (excludes halogenated alkanes) is 17. The Hall–Kier alpha value is -3.32. The molecule has 18 heteroatoms. The molecule has 0 fully saturated rings. The standard InChI is InChI=1S/C48H83BrN2O15/c49-36-41(53)22-17-15-16-21-39(47(59)60)35-42(54)37-65-33-32-64-30-28-50-45(56)38-66-34-31-63-29-20-23-40(52)26-27-43(48(61)62)51-44(55)24-18-13-11-9-7-5-3-1-2-4-6-8-10-12-14-19-25-46(57)58/h39,43H,1-38H2,(H,50,56)(H,51,55)(H,57,58)(H,59,60)(H,61,62)/t39-,43+/m1/s1. The lowest BCUT2D eigenvalue weighted by molar-refractivity contribution is -0.144. The van der Waals surface area contributed by atoms with Gasteiger partial charge in [-0.3, -0.25) is 33.6 Å². The number of hydrogen-bond acceptors (Lipinski definition) is 12. The molecule has 382 valence electrons. The Morgan fingerprint density at radius 2 is 0.909 bits per heavy atom. The summed E-state index contributed by atoms with van der Waals surface area (Å²) in [6.45, 7) is 1.08. The van der Waals surface area contributed by atoms with E-state index >= 15 is 0 Å². The maximum atomic E-state index is 12.4. The van der Waals surface area contributed by atoms with Gasteiger partial charge in [0.15, 0.2) is 5.78 Å². The molecule has 0 unspecified atom stereocenters. The van der Waals surface area contributed by atoms with Gasteiger partial charge in [-0.05, 0) is 38.5 Å². The smallest absolute Gasteiger partial charge is 0.326 e. The number of halogens is 1. The van der Waals surface area contributed by atoms with Crippen molar-refractivity contribution in [2.24, 2.45) is 5.92 Å². The van der Waals surface area contributed by atoms with E-state index in [-0.39, 0.29) is 120 Å². The third kappa shape index (κ3) is 43.3. The first-order valence-electron chi connectivity index (χ1n) is 24.5. The third-order valence-electron chi connectivity index (χ3n) is 10.9. The summed E-state index contributed by atoms with van der Waals surface area (Å²) in [7, 11) is 0. The SMILES string of the molecule is O=C(O)CCCCCCCCCCCCCCCCCCC(=O)N[C@@H](CCC(=O)CCCOCCOCC(=O)NCCOCCOCC(=O)C[C@@H](CCCCCC(=O)CBr)C(=O)O)C(=O)O. The lowest BCUT2D eigenvalue weighted by Crippen LogP contribution is -2.41. The van der Waals surface area contributed by atoms with E-state index in [4.69, 9.17) is 24.1 Å². The molecule has 0 spiro atoms. The van der Waals surface area contributed by atoms with Crippen LogP contribution < -0.4 is 10.6 Å². The number of Topliss-reactive ketones (excluding diaryl/α,β-unsaturated/α-hetero) is 3. The van der Waals surface area contributed by atoms with E-state index in [1.165, 1.54) is 57.8 Å². The van der Waals surface area contributed by atoms with Crippen molar-refractivity contribution in [3.05, 3.63) is 0 Å². The predicted octanol–water partition coefficient (Wildman–Crippen LogP) is 7.55. The Kier molecular flexibility index (Phi) is 43.2. The molecule has 0 aliphatic rings. The number of carboxylic acids is 3. The van der Waals surface area contributed by atoms with Crippen LogP contribution in [-0.2, 0) is 57.3 Å². The van der Waals surface area contributed by atoms with Gasteiger partial charge in [-0.15, -0.1) is 0 Å². The van der Waals surface area contributed by atoms with Gasteiger partial charge < -0.3 is 44.9 Å². The summed E-state index contributed by atoms with van der Waals surface area (Å²) >= 11 is 3.11. The number of aliphatic carboxylic acids is 3. The van der Waals surface area contributed by atoms with Crippen molar-refractivity contribution >= 4 is 63.0 Å². The fourth-order valence-corrected chi connectivity index (χ4v) is 7.35. The maximum Gasteiger partial charge on any atom is 0.326 e. The molecular weight excluding hydrogens is 924 g/mol. The average Bonchev–Trinajstić information content (AvgIpc) is 3.28. The fraction of sp³-hybridized carbons (Fsp3) is 0.833. The molecule has 0 aliphatic carbocycles. The van der Waals surface area contributed by atoms with Crippen molar-refractivity contribution in [3.63, 3.8) is 0 Å². The van der Waals surface area contributed by atoms with Crippen LogP contribution in [0.1, 0.15) is 180 Å². The first-order valence-corrected chi connectivity index (χ1v) is 25.6. The molecule has 0 aromatic rings. The van der Waals surface area contributed by atoms with Gasteiger partial charge in [-0.1, -0.05) is 119 Å². The molecule has 2 amide bonds. The van der Waals surface area contributed by atoms with Crippen LogP contribution in [-0.4, -0.2) is 133 Å². The van der Waals surface area contributed by atoms with Gasteiger partial charge >= 0.3 is 17.9 Å². The van der Waals surface area contributed by atoms with E-state index < -0.39 is 29.9 Å². The number of carboxylic acid groups (broad SMARTS) is 3. The minimum absolute atomic E-state index is 0.0276. The maximum absolute atomic E-state index is 12.4. The van der Waals surface area contributed by atoms with E-state index in [1.807, 2.05) is 0 Å². The fourth-order valence-electron chi connectivity index (χ4n) is 7.07. The number of carbonyl (C=O) groups excluding carboxylic acids is 5. The topological polar surface area (TPSA) is 258 Å². The molecule has 2 atom stereocenters. The van der Waals surface area contributed by atoms with Crippen LogP contribution >= 0.6 is 15.9 Å². The van der Waals surface area contributed by atoms with Gasteiger partial charge in [-0.25, -0.2) is 4.79 Å². The van der Waals surface area contributed by atoms with Crippen molar-refractivity contribution in [2.45, 2.75) is 186 Å². The van der Waals surface area contributed by atoms with E-state index in [2.05, 4.69) is 26.6 Å². The van der Waals surface area contributed by atoms with Gasteiger partial charge in [-0.2, -0.15) is 0 Å². The third-order valence-corrected chi connectivity index (χ3v) is 11.5. The number of alkyl halides is 1. The van der Waals surface area contributed by atoms with Crippen LogP contribution in [0.15, 0.2) is 0 Å². The normalized spacial score (nSPS) is 12.1. The molecule has 0 bridgehead atoms. The molecule has 17 nitrogen and oxygen atoms in total. The van der Waals surface area contributed by atoms with Crippen LogP contribution in [0.2, 0.25) is 0 Å². The Bertz CT molecular complexity index is 1330. The lowest BCUT2D eigenvalue weighted by Gasteiger charge is -2.14. The van der Waals surface area contributed by atoms with E-state index in [1.54, 1.807) is 0 Å². The number of ether oxygens (including phenoxy) is 4. The van der Waals surface area contributed by atoms with Gasteiger partial charge in [0.1, 0.15) is 30.8 Å². The second kappa shape index (κ2) is 45.5. The summed E-state index contributed by atoms with van der Waals surface area (Å²) < 4.78 is 21.4. The second-order valence-corrected chi connectivity index (χ2v) is 17.5. The molecular formula is C48H83BrN2O15. The summed E-state index contributed by atoms with van der Waals surface area (Å²) in [5.41, 5.74) is 0. The molecule has 0 saturated heterocycles. The van der Waals surface area contributed by atoms with Crippen molar-refractivity contribution in [3.8, 4) is 0 Å². The largest absolute Gasteiger partial charge is 0.481 e. The van der Waals surface area contributed by atoms with Crippen LogP contribution in [0.4, 0.5) is 0 Å². The van der Waals surface area contributed by atoms with Crippen LogP contribution in [0.3, 0.4) is 0 Å². The molecule has 0 saturated carbocycles. The molecule has 0 rings (SSSR count). The molecule has 0 aliphatic heterocycles. The van der Waals surface area contributed by atoms with Gasteiger partial charge in [0.05, 0.1) is 44.3 Å². The van der Waals surface area contributed by atoms with Gasteiger partial charge in [0.2, 0.25) is 11.8 Å². The predicted molar refractivity (Wildman–Crippen MR) is 253 cm³/mol. The monoisotopic (exact) mass is 1010 g/mol. The second-order valence-electron chi connectivity index (χ2n) is 16.9. The van der Waals surface area contributed by atoms with Gasteiger partial charge in [0, 0.05) is 51.7 Å². The van der Waals surface area contributed by atoms with Crippen molar-refractivity contribution in [1.82, 2.24) is 10.6 Å². The summed E-state index contributed by atoms with van der Waals surface area (Å²) in [6, 6.07) is -1.11. The van der Waals surface area contributed by atoms with Crippen LogP contribution in [0.25, 0.3) is 0 Å². The highest BCUT2D eigenvalue weighted by Gasteiger charge is 2.22. The summed E-state index contributed by atoms with van der Waals surface area (Å²) in [5.74, 6) is -4.64. The lowest BCUT2D eigenvalue weighted by atomic mass is 9.95. The van der Waals surface area contributed by atoms with Crippen molar-refractivity contribution < 1.29 is 72.6 Å². The van der Waals surface area contributed by atoms with E-state index in [9.17, 15) is 48.6 Å². The Balaban J connectivity index is 3.72. The quantitative estimate of drug-likeness (QED) is 0.0291. The number of ketones is 3. The minimum Gasteiger partial charge on any atom is -0.481 e. The van der Waals surface area contributed by atoms with Crippen LogP contribution in [0, 0.1) is 5.92 Å². The molecule has 0 aromatic heterocycles. The molecule has 66 heavy (non-hydrogen) atoms. The highest BCUT2D eigenvalue weighted by atomic mass is 79.9. The van der Waals surface area contributed by atoms with Crippen LogP contribution in [0.5, 0.6) is 0 Å².